The van der Waals surface area contributed by atoms with Gasteiger partial charge in [0.25, 0.3) is 5.56 Å². The van der Waals surface area contributed by atoms with Crippen molar-refractivity contribution in [3.8, 4) is 0 Å². The monoisotopic (exact) mass is 355 g/mol. The van der Waals surface area contributed by atoms with Gasteiger partial charge in [-0.15, -0.1) is 0 Å². The second-order valence-corrected chi connectivity index (χ2v) is 6.19. The predicted molar refractivity (Wildman–Crippen MR) is 98.6 cm³/mol. The Morgan fingerprint density at radius 2 is 1.92 bits per heavy atom. The van der Waals surface area contributed by atoms with E-state index in [-0.39, 0.29) is 24.1 Å². The predicted octanol–water partition coefficient (Wildman–Crippen LogP) is 3.32. The first-order valence-corrected chi connectivity index (χ1v) is 8.45. The standard InChI is InChI=1S/C19H18ClN3O2/c1-2-15(13-7-9-14(20)10-8-13)22-18(24)12-23-17-6-4-3-5-16(17)21-11-19(23)25/h3-11,15H,2,12H2,1H3,(H,22,24). The van der Waals surface area contributed by atoms with Gasteiger partial charge in [0.2, 0.25) is 5.91 Å². The zero-order valence-electron chi connectivity index (χ0n) is 13.8. The van der Waals surface area contributed by atoms with Crippen LogP contribution in [-0.4, -0.2) is 15.5 Å². The summed E-state index contributed by atoms with van der Waals surface area (Å²) in [5.74, 6) is -0.222. The van der Waals surface area contributed by atoms with E-state index < -0.39 is 0 Å². The fourth-order valence-corrected chi connectivity index (χ4v) is 2.90. The number of aromatic nitrogens is 2. The fourth-order valence-electron chi connectivity index (χ4n) is 2.78. The first-order chi connectivity index (χ1) is 12.1. The smallest absolute Gasteiger partial charge is 0.269 e. The highest BCUT2D eigenvalue weighted by atomic mass is 35.5. The Morgan fingerprint density at radius 3 is 2.64 bits per heavy atom. The maximum Gasteiger partial charge on any atom is 0.269 e. The minimum Gasteiger partial charge on any atom is -0.348 e. The minimum atomic E-state index is -0.298. The quantitative estimate of drug-likeness (QED) is 0.763. The number of rotatable bonds is 5. The molecule has 0 aliphatic heterocycles. The third kappa shape index (κ3) is 3.88. The Kier molecular flexibility index (Phi) is 5.14. The number of halogens is 1. The van der Waals surface area contributed by atoms with Gasteiger partial charge in [-0.25, -0.2) is 4.98 Å². The number of carbonyl (C=O) groups excluding carboxylic acids is 1. The van der Waals surface area contributed by atoms with Gasteiger partial charge in [0.1, 0.15) is 6.54 Å². The molecule has 0 radical (unpaired) electrons. The molecule has 5 nitrogen and oxygen atoms in total. The van der Waals surface area contributed by atoms with E-state index in [1.165, 1.54) is 10.8 Å². The van der Waals surface area contributed by atoms with E-state index in [9.17, 15) is 9.59 Å². The molecule has 3 rings (SSSR count). The molecule has 0 aliphatic rings. The Labute approximate surface area is 150 Å². The van der Waals surface area contributed by atoms with E-state index in [4.69, 9.17) is 11.6 Å². The average molecular weight is 356 g/mol. The molecule has 1 unspecified atom stereocenters. The third-order valence-electron chi connectivity index (χ3n) is 4.07. The molecule has 25 heavy (non-hydrogen) atoms. The molecular formula is C19H18ClN3O2. The van der Waals surface area contributed by atoms with Gasteiger partial charge in [-0.1, -0.05) is 42.8 Å². The molecule has 1 heterocycles. The summed E-state index contributed by atoms with van der Waals surface area (Å²) in [5.41, 5.74) is 2.00. The van der Waals surface area contributed by atoms with Crippen molar-refractivity contribution in [2.24, 2.45) is 0 Å². The van der Waals surface area contributed by atoms with Crippen molar-refractivity contribution < 1.29 is 4.79 Å². The average Bonchev–Trinajstić information content (AvgIpc) is 2.63. The number of benzene rings is 2. The van der Waals surface area contributed by atoms with Crippen LogP contribution in [0.3, 0.4) is 0 Å². The number of hydrogen-bond acceptors (Lipinski definition) is 3. The molecule has 0 bridgehead atoms. The van der Waals surface area contributed by atoms with Crippen LogP contribution in [0.25, 0.3) is 11.0 Å². The van der Waals surface area contributed by atoms with Gasteiger partial charge in [-0.05, 0) is 36.2 Å². The lowest BCUT2D eigenvalue weighted by atomic mass is 10.0. The van der Waals surface area contributed by atoms with Crippen molar-refractivity contribution in [2.45, 2.75) is 25.9 Å². The van der Waals surface area contributed by atoms with E-state index in [0.29, 0.717) is 16.1 Å². The number of carbonyl (C=O) groups is 1. The largest absolute Gasteiger partial charge is 0.348 e. The molecule has 2 aromatic carbocycles. The maximum atomic E-state index is 12.5. The van der Waals surface area contributed by atoms with Crippen LogP contribution in [0.5, 0.6) is 0 Å². The van der Waals surface area contributed by atoms with Crippen molar-refractivity contribution in [1.29, 1.82) is 0 Å². The summed E-state index contributed by atoms with van der Waals surface area (Å²) in [4.78, 5) is 28.7. The zero-order valence-corrected chi connectivity index (χ0v) is 14.5. The molecule has 1 amide bonds. The van der Waals surface area contributed by atoms with Crippen molar-refractivity contribution in [1.82, 2.24) is 14.9 Å². The van der Waals surface area contributed by atoms with Crippen LogP contribution in [0, 0.1) is 0 Å². The van der Waals surface area contributed by atoms with Gasteiger partial charge in [-0.2, -0.15) is 0 Å². The molecule has 128 valence electrons. The highest BCUT2D eigenvalue weighted by Gasteiger charge is 2.14. The molecule has 0 saturated heterocycles. The van der Waals surface area contributed by atoms with E-state index >= 15 is 0 Å². The molecule has 0 spiro atoms. The van der Waals surface area contributed by atoms with Gasteiger partial charge in [0.15, 0.2) is 0 Å². The fraction of sp³-hybridized carbons (Fsp3) is 0.211. The van der Waals surface area contributed by atoms with E-state index in [0.717, 1.165) is 12.0 Å². The molecule has 1 N–H and O–H groups in total. The number of nitrogens with one attached hydrogen (secondary N) is 1. The topological polar surface area (TPSA) is 64.0 Å². The van der Waals surface area contributed by atoms with Crippen molar-refractivity contribution >= 4 is 28.5 Å². The summed E-state index contributed by atoms with van der Waals surface area (Å²) < 4.78 is 1.44. The summed E-state index contributed by atoms with van der Waals surface area (Å²) in [7, 11) is 0. The molecular weight excluding hydrogens is 338 g/mol. The Balaban J connectivity index is 1.81. The SMILES string of the molecule is CCC(NC(=O)Cn1c(=O)cnc2ccccc21)c1ccc(Cl)cc1. The molecule has 3 aromatic rings. The lowest BCUT2D eigenvalue weighted by molar-refractivity contribution is -0.122. The second kappa shape index (κ2) is 7.49. The Bertz CT molecular complexity index is 951. The van der Waals surface area contributed by atoms with Crippen LogP contribution in [0.4, 0.5) is 0 Å². The molecule has 0 aliphatic carbocycles. The van der Waals surface area contributed by atoms with E-state index in [2.05, 4.69) is 10.3 Å². The van der Waals surface area contributed by atoms with E-state index in [1.54, 1.807) is 18.2 Å². The third-order valence-corrected chi connectivity index (χ3v) is 4.32. The van der Waals surface area contributed by atoms with Crippen LogP contribution >= 0.6 is 11.6 Å². The number of nitrogens with zero attached hydrogens (tertiary/aromatic N) is 2. The van der Waals surface area contributed by atoms with Crippen LogP contribution in [0.15, 0.2) is 59.5 Å². The van der Waals surface area contributed by atoms with E-state index in [1.807, 2.05) is 37.3 Å². The first-order valence-electron chi connectivity index (χ1n) is 8.08. The highest BCUT2D eigenvalue weighted by molar-refractivity contribution is 6.30. The van der Waals surface area contributed by atoms with Crippen LogP contribution in [0.1, 0.15) is 24.9 Å². The van der Waals surface area contributed by atoms with Gasteiger partial charge >= 0.3 is 0 Å². The normalized spacial score (nSPS) is 12.1. The molecule has 0 saturated carbocycles. The van der Waals surface area contributed by atoms with Gasteiger partial charge < -0.3 is 5.32 Å². The summed E-state index contributed by atoms with van der Waals surface area (Å²) in [6, 6.07) is 14.5. The number of para-hydroxylation sites is 2. The molecule has 6 heteroatoms. The number of fused-ring (bicyclic) bond motifs is 1. The highest BCUT2D eigenvalue weighted by Crippen LogP contribution is 2.19. The maximum absolute atomic E-state index is 12.5. The minimum absolute atomic E-state index is 0.0496. The molecule has 1 atom stereocenters. The second-order valence-electron chi connectivity index (χ2n) is 5.75. The summed E-state index contributed by atoms with van der Waals surface area (Å²) in [6.07, 6.45) is 1.98. The van der Waals surface area contributed by atoms with Crippen LogP contribution in [0.2, 0.25) is 5.02 Å². The van der Waals surface area contributed by atoms with Gasteiger partial charge in [0, 0.05) is 5.02 Å². The molecule has 1 aromatic heterocycles. The van der Waals surface area contributed by atoms with Crippen molar-refractivity contribution in [2.75, 3.05) is 0 Å². The van der Waals surface area contributed by atoms with Crippen molar-refractivity contribution in [3.05, 3.63) is 75.7 Å². The lowest BCUT2D eigenvalue weighted by Gasteiger charge is -2.18. The lowest BCUT2D eigenvalue weighted by Crippen LogP contribution is -2.34. The number of hydrogen-bond donors (Lipinski definition) is 1. The van der Waals surface area contributed by atoms with Crippen LogP contribution in [-0.2, 0) is 11.3 Å². The summed E-state index contributed by atoms with van der Waals surface area (Å²) in [6.45, 7) is 1.94. The zero-order chi connectivity index (χ0) is 17.8. The summed E-state index contributed by atoms with van der Waals surface area (Å²) in [5, 5.41) is 3.63. The van der Waals surface area contributed by atoms with Gasteiger partial charge in [0.05, 0.1) is 23.3 Å². The Hall–Kier alpha value is -2.66. The van der Waals surface area contributed by atoms with Crippen LogP contribution < -0.4 is 10.9 Å². The summed E-state index contributed by atoms with van der Waals surface area (Å²) >= 11 is 5.91. The van der Waals surface area contributed by atoms with Gasteiger partial charge in [-0.3, -0.25) is 14.2 Å². The van der Waals surface area contributed by atoms with Crippen molar-refractivity contribution in [3.63, 3.8) is 0 Å². The molecule has 0 fully saturated rings. The first kappa shape index (κ1) is 17.2. The number of amides is 1. The Morgan fingerprint density at radius 1 is 1.20 bits per heavy atom.